The number of amides is 2. The molecule has 0 unspecified atom stereocenters. The van der Waals surface area contributed by atoms with Gasteiger partial charge in [-0.25, -0.2) is 4.79 Å². The van der Waals surface area contributed by atoms with Crippen molar-refractivity contribution in [2.45, 2.75) is 32.1 Å². The Balaban J connectivity index is 1.28. The highest BCUT2D eigenvalue weighted by molar-refractivity contribution is 7.24. The van der Waals surface area contributed by atoms with Crippen LogP contribution in [0.25, 0.3) is 20.2 Å². The van der Waals surface area contributed by atoms with Gasteiger partial charge in [-0.1, -0.05) is 12.1 Å². The van der Waals surface area contributed by atoms with E-state index >= 15 is 0 Å². The van der Waals surface area contributed by atoms with Crippen LogP contribution in [0.2, 0.25) is 0 Å². The standard InChI is InChI=1S/C24H22N2O4S2/c27-22-12-13-23(28)26(22)30-24(29)21-11-10-20(32-21)19-9-8-18(31-19)16-4-6-17(7-5-16)25-14-2-1-3-15-25/h4-11H,1-3,12-15H2. The van der Waals surface area contributed by atoms with Crippen LogP contribution >= 0.6 is 22.7 Å². The molecule has 6 nitrogen and oxygen atoms in total. The topological polar surface area (TPSA) is 66.9 Å². The third-order valence-corrected chi connectivity index (χ3v) is 8.10. The number of thiophene rings is 2. The summed E-state index contributed by atoms with van der Waals surface area (Å²) in [5, 5.41) is 0.582. The number of hydrogen-bond acceptors (Lipinski definition) is 7. The molecule has 164 valence electrons. The number of hydroxylamine groups is 2. The lowest BCUT2D eigenvalue weighted by Crippen LogP contribution is -2.31. The van der Waals surface area contributed by atoms with Crippen LogP contribution in [0.4, 0.5) is 5.69 Å². The van der Waals surface area contributed by atoms with E-state index in [1.807, 2.05) is 12.1 Å². The van der Waals surface area contributed by atoms with Gasteiger partial charge in [0.05, 0.1) is 0 Å². The molecule has 0 radical (unpaired) electrons. The lowest BCUT2D eigenvalue weighted by atomic mass is 10.1. The van der Waals surface area contributed by atoms with Crippen molar-refractivity contribution in [3.8, 4) is 20.2 Å². The van der Waals surface area contributed by atoms with E-state index in [1.54, 1.807) is 17.4 Å². The first kappa shape index (κ1) is 20.9. The summed E-state index contributed by atoms with van der Waals surface area (Å²) in [7, 11) is 0. The molecular weight excluding hydrogens is 444 g/mol. The molecule has 0 spiro atoms. The summed E-state index contributed by atoms with van der Waals surface area (Å²) in [6.45, 7) is 2.26. The van der Waals surface area contributed by atoms with Crippen molar-refractivity contribution < 1.29 is 19.2 Å². The number of rotatable bonds is 5. The van der Waals surface area contributed by atoms with Gasteiger partial charge in [0, 0.05) is 46.2 Å². The first-order valence-electron chi connectivity index (χ1n) is 10.7. The number of hydrogen-bond donors (Lipinski definition) is 0. The third kappa shape index (κ3) is 4.20. The zero-order valence-corrected chi connectivity index (χ0v) is 19.0. The average Bonchev–Trinajstić information content (AvgIpc) is 3.57. The van der Waals surface area contributed by atoms with Gasteiger partial charge >= 0.3 is 5.97 Å². The van der Waals surface area contributed by atoms with Crippen LogP contribution in [0.15, 0.2) is 48.5 Å². The molecule has 2 fully saturated rings. The Morgan fingerprint density at radius 1 is 0.750 bits per heavy atom. The zero-order chi connectivity index (χ0) is 22.1. The SMILES string of the molecule is O=C(ON1C(=O)CCC1=O)c1ccc(-c2ccc(-c3ccc(N4CCCCC4)cc3)s2)s1. The van der Waals surface area contributed by atoms with E-state index in [0.29, 0.717) is 9.94 Å². The van der Waals surface area contributed by atoms with Crippen molar-refractivity contribution in [2.75, 3.05) is 18.0 Å². The van der Waals surface area contributed by atoms with Gasteiger partial charge in [0.25, 0.3) is 11.8 Å². The molecule has 0 saturated carbocycles. The summed E-state index contributed by atoms with van der Waals surface area (Å²) >= 11 is 2.95. The Morgan fingerprint density at radius 2 is 1.38 bits per heavy atom. The molecule has 0 aliphatic carbocycles. The summed E-state index contributed by atoms with van der Waals surface area (Å²) in [5.41, 5.74) is 2.45. The second-order valence-corrected chi connectivity index (χ2v) is 10.1. The maximum Gasteiger partial charge on any atom is 0.373 e. The van der Waals surface area contributed by atoms with Crippen LogP contribution in [0, 0.1) is 0 Å². The highest BCUT2D eigenvalue weighted by Crippen LogP contribution is 2.38. The quantitative estimate of drug-likeness (QED) is 0.474. The van der Waals surface area contributed by atoms with Gasteiger partial charge in [-0.15, -0.1) is 27.7 Å². The Morgan fingerprint density at radius 3 is 2.09 bits per heavy atom. The lowest BCUT2D eigenvalue weighted by Gasteiger charge is -2.28. The second kappa shape index (κ2) is 8.88. The van der Waals surface area contributed by atoms with Gasteiger partial charge in [-0.3, -0.25) is 9.59 Å². The van der Waals surface area contributed by atoms with Crippen molar-refractivity contribution in [3.05, 3.63) is 53.4 Å². The van der Waals surface area contributed by atoms with Crippen LogP contribution in [-0.4, -0.2) is 35.9 Å². The van der Waals surface area contributed by atoms with Crippen LogP contribution in [0.3, 0.4) is 0 Å². The number of carbonyl (C=O) groups excluding carboxylic acids is 3. The number of anilines is 1. The predicted octanol–water partition coefficient (Wildman–Crippen LogP) is 5.35. The number of benzene rings is 1. The molecule has 32 heavy (non-hydrogen) atoms. The van der Waals surface area contributed by atoms with Crippen molar-refractivity contribution in [1.29, 1.82) is 0 Å². The zero-order valence-electron chi connectivity index (χ0n) is 17.4. The molecule has 2 aliphatic rings. The molecule has 0 N–H and O–H groups in total. The molecule has 0 atom stereocenters. The Kier molecular flexibility index (Phi) is 5.80. The molecule has 3 aromatic rings. The molecule has 5 rings (SSSR count). The first-order valence-corrected chi connectivity index (χ1v) is 12.4. The summed E-state index contributed by atoms with van der Waals surface area (Å²) in [6, 6.07) is 16.4. The van der Waals surface area contributed by atoms with E-state index in [4.69, 9.17) is 4.84 Å². The third-order valence-electron chi connectivity index (χ3n) is 5.71. The van der Waals surface area contributed by atoms with Gasteiger partial charge in [0.1, 0.15) is 4.88 Å². The van der Waals surface area contributed by atoms with Crippen LogP contribution < -0.4 is 4.90 Å². The minimum absolute atomic E-state index is 0.0821. The molecule has 0 bridgehead atoms. The van der Waals surface area contributed by atoms with Crippen molar-refractivity contribution >= 4 is 46.1 Å². The van der Waals surface area contributed by atoms with Gasteiger partial charge < -0.3 is 9.74 Å². The highest BCUT2D eigenvalue weighted by atomic mass is 32.1. The van der Waals surface area contributed by atoms with E-state index in [1.165, 1.54) is 41.9 Å². The number of carbonyl (C=O) groups is 3. The second-order valence-electron chi connectivity index (χ2n) is 7.88. The molecular formula is C24H22N2O4S2. The number of imide groups is 1. The monoisotopic (exact) mass is 466 g/mol. The Hall–Kier alpha value is -2.97. The lowest BCUT2D eigenvalue weighted by molar-refractivity contribution is -0.172. The number of piperidine rings is 1. The fourth-order valence-corrected chi connectivity index (χ4v) is 5.96. The number of nitrogens with zero attached hydrogens (tertiary/aromatic N) is 2. The van der Waals surface area contributed by atoms with E-state index in [2.05, 4.69) is 35.2 Å². The first-order chi connectivity index (χ1) is 15.6. The Bertz CT molecular complexity index is 1140. The molecule has 1 aromatic carbocycles. The fourth-order valence-electron chi connectivity index (χ4n) is 3.98. The maximum absolute atomic E-state index is 12.4. The van der Waals surface area contributed by atoms with Gasteiger partial charge in [0.15, 0.2) is 0 Å². The van der Waals surface area contributed by atoms with E-state index in [-0.39, 0.29) is 12.8 Å². The molecule has 2 amide bonds. The summed E-state index contributed by atoms with van der Waals surface area (Å²) in [5.74, 6) is -1.64. The fraction of sp³-hybridized carbons (Fsp3) is 0.292. The largest absolute Gasteiger partial charge is 0.373 e. The summed E-state index contributed by atoms with van der Waals surface area (Å²) < 4.78 is 0. The van der Waals surface area contributed by atoms with E-state index in [9.17, 15) is 14.4 Å². The van der Waals surface area contributed by atoms with Crippen LogP contribution in [0.5, 0.6) is 0 Å². The smallest absolute Gasteiger partial charge is 0.372 e. The van der Waals surface area contributed by atoms with E-state index in [0.717, 1.165) is 27.7 Å². The van der Waals surface area contributed by atoms with Crippen molar-refractivity contribution in [3.63, 3.8) is 0 Å². The minimum atomic E-state index is -0.685. The van der Waals surface area contributed by atoms with Crippen LogP contribution in [0.1, 0.15) is 41.8 Å². The normalized spacial score (nSPS) is 16.6. The van der Waals surface area contributed by atoms with Crippen molar-refractivity contribution in [1.82, 2.24) is 5.06 Å². The molecule has 2 saturated heterocycles. The maximum atomic E-state index is 12.4. The van der Waals surface area contributed by atoms with E-state index < -0.39 is 17.8 Å². The molecule has 2 aromatic heterocycles. The van der Waals surface area contributed by atoms with Gasteiger partial charge in [-0.2, -0.15) is 0 Å². The predicted molar refractivity (Wildman–Crippen MR) is 126 cm³/mol. The van der Waals surface area contributed by atoms with Gasteiger partial charge in [-0.05, 0) is 61.2 Å². The Labute approximate surface area is 194 Å². The minimum Gasteiger partial charge on any atom is -0.372 e. The molecule has 2 aliphatic heterocycles. The average molecular weight is 467 g/mol. The van der Waals surface area contributed by atoms with Gasteiger partial charge in [0.2, 0.25) is 0 Å². The summed E-state index contributed by atoms with van der Waals surface area (Å²) in [6.07, 6.45) is 4.01. The van der Waals surface area contributed by atoms with Crippen LogP contribution in [-0.2, 0) is 14.4 Å². The summed E-state index contributed by atoms with van der Waals surface area (Å²) in [4.78, 5) is 46.7. The highest BCUT2D eigenvalue weighted by Gasteiger charge is 2.33. The molecule has 8 heteroatoms. The van der Waals surface area contributed by atoms with Crippen molar-refractivity contribution in [2.24, 2.45) is 0 Å². The molecule has 4 heterocycles.